The van der Waals surface area contributed by atoms with Gasteiger partial charge in [-0.15, -0.1) is 0 Å². The van der Waals surface area contributed by atoms with Crippen molar-refractivity contribution in [2.45, 2.75) is 20.4 Å². The van der Waals surface area contributed by atoms with E-state index >= 15 is 0 Å². The second-order valence-corrected chi connectivity index (χ2v) is 6.51. The van der Waals surface area contributed by atoms with Crippen LogP contribution in [0.4, 0.5) is 15.8 Å². The van der Waals surface area contributed by atoms with Gasteiger partial charge in [0.2, 0.25) is 0 Å². The maximum Gasteiger partial charge on any atom is 0.167 e. The van der Waals surface area contributed by atoms with Gasteiger partial charge in [0, 0.05) is 46.2 Å². The molecule has 0 saturated heterocycles. The fourth-order valence-corrected chi connectivity index (χ4v) is 3.09. The van der Waals surface area contributed by atoms with Crippen LogP contribution in [-0.4, -0.2) is 28.1 Å². The Bertz CT molecular complexity index is 928. The van der Waals surface area contributed by atoms with Gasteiger partial charge in [0.15, 0.2) is 11.6 Å². The van der Waals surface area contributed by atoms with Gasteiger partial charge in [0.25, 0.3) is 0 Å². The zero-order chi connectivity index (χ0) is 18.7. The van der Waals surface area contributed by atoms with Gasteiger partial charge < -0.3 is 10.4 Å². The summed E-state index contributed by atoms with van der Waals surface area (Å²) in [5.74, 6) is -0.938. The van der Waals surface area contributed by atoms with Crippen LogP contribution in [0.1, 0.15) is 19.4 Å². The van der Waals surface area contributed by atoms with Gasteiger partial charge in [0.1, 0.15) is 0 Å². The number of nitrogens with one attached hydrogen (secondary N) is 1. The van der Waals surface area contributed by atoms with Crippen molar-refractivity contribution in [2.24, 2.45) is 0 Å². The van der Waals surface area contributed by atoms with Crippen LogP contribution in [0.3, 0.4) is 0 Å². The molecule has 0 fully saturated rings. The summed E-state index contributed by atoms with van der Waals surface area (Å²) >= 11 is 6.02. The number of anilines is 2. The van der Waals surface area contributed by atoms with Gasteiger partial charge in [-0.2, -0.15) is 0 Å². The molecule has 0 aliphatic heterocycles. The molecular weight excluding hydrogens is 353 g/mol. The second kappa shape index (κ2) is 7.89. The normalized spacial score (nSPS) is 11.3. The molecule has 136 valence electrons. The molecule has 6 heteroatoms. The number of hydrogen-bond acceptors (Lipinski definition) is 4. The summed E-state index contributed by atoms with van der Waals surface area (Å²) < 4.78 is 14.2. The quantitative estimate of drug-likeness (QED) is 0.574. The Morgan fingerprint density at radius 1 is 1.15 bits per heavy atom. The minimum absolute atomic E-state index is 0.297. The van der Waals surface area contributed by atoms with Crippen molar-refractivity contribution < 1.29 is 9.50 Å². The lowest BCUT2D eigenvalue weighted by molar-refractivity contribution is 0.289. The molecule has 3 rings (SSSR count). The fourth-order valence-electron chi connectivity index (χ4n) is 2.92. The van der Waals surface area contributed by atoms with Gasteiger partial charge >= 0.3 is 0 Å². The summed E-state index contributed by atoms with van der Waals surface area (Å²) in [7, 11) is 0. The van der Waals surface area contributed by atoms with Crippen molar-refractivity contribution in [3.8, 4) is 5.75 Å². The molecule has 0 radical (unpaired) electrons. The van der Waals surface area contributed by atoms with Gasteiger partial charge in [-0.3, -0.25) is 9.88 Å². The van der Waals surface area contributed by atoms with Gasteiger partial charge in [-0.1, -0.05) is 25.4 Å². The van der Waals surface area contributed by atoms with E-state index in [-0.39, 0.29) is 5.75 Å². The van der Waals surface area contributed by atoms with Crippen LogP contribution in [-0.2, 0) is 6.54 Å². The average molecular weight is 374 g/mol. The summed E-state index contributed by atoms with van der Waals surface area (Å²) in [6.45, 7) is 6.20. The lowest BCUT2D eigenvalue weighted by Crippen LogP contribution is -2.22. The van der Waals surface area contributed by atoms with E-state index in [4.69, 9.17) is 11.6 Å². The summed E-state index contributed by atoms with van der Waals surface area (Å²) in [5, 5.41) is 14.8. The number of aromatic hydroxyl groups is 1. The van der Waals surface area contributed by atoms with Gasteiger partial charge in [0.05, 0.1) is 5.52 Å². The third kappa shape index (κ3) is 3.89. The summed E-state index contributed by atoms with van der Waals surface area (Å²) in [6.07, 6.45) is 1.68. The van der Waals surface area contributed by atoms with Gasteiger partial charge in [-0.25, -0.2) is 4.39 Å². The van der Waals surface area contributed by atoms with Crippen molar-refractivity contribution in [1.29, 1.82) is 0 Å². The van der Waals surface area contributed by atoms with Crippen molar-refractivity contribution >= 4 is 33.9 Å². The zero-order valence-electron chi connectivity index (χ0n) is 14.8. The van der Waals surface area contributed by atoms with E-state index in [9.17, 15) is 9.50 Å². The standard InChI is InChI=1S/C20H21ClFN3O/c1-3-25(4-2)12-13-9-15(11-17(22)20(13)26)24-18-7-8-23-19-10-14(21)5-6-16(18)19/h5-11,26H,3-4,12H2,1-2H3,(H,23,24). The number of phenolic OH excluding ortho intramolecular Hbond substituents is 1. The Hall–Kier alpha value is -2.37. The molecule has 0 saturated carbocycles. The van der Waals surface area contributed by atoms with Crippen molar-refractivity contribution in [3.05, 3.63) is 59.0 Å². The lowest BCUT2D eigenvalue weighted by Gasteiger charge is -2.20. The van der Waals surface area contributed by atoms with Crippen LogP contribution >= 0.6 is 11.6 Å². The molecule has 0 aliphatic carbocycles. The highest BCUT2D eigenvalue weighted by molar-refractivity contribution is 6.31. The third-order valence-corrected chi connectivity index (χ3v) is 4.65. The molecule has 2 N–H and O–H groups in total. The lowest BCUT2D eigenvalue weighted by atomic mass is 10.1. The van der Waals surface area contributed by atoms with Crippen LogP contribution in [0.5, 0.6) is 5.75 Å². The molecule has 0 atom stereocenters. The number of hydrogen-bond donors (Lipinski definition) is 2. The summed E-state index contributed by atoms with van der Waals surface area (Å²) in [4.78, 5) is 6.42. The molecular formula is C20H21ClFN3O. The van der Waals surface area contributed by atoms with E-state index in [0.29, 0.717) is 22.8 Å². The van der Waals surface area contributed by atoms with E-state index in [1.54, 1.807) is 24.4 Å². The average Bonchev–Trinajstić information content (AvgIpc) is 2.63. The van der Waals surface area contributed by atoms with E-state index < -0.39 is 5.82 Å². The highest BCUT2D eigenvalue weighted by atomic mass is 35.5. The minimum Gasteiger partial charge on any atom is -0.505 e. The van der Waals surface area contributed by atoms with Crippen LogP contribution in [0.15, 0.2) is 42.6 Å². The minimum atomic E-state index is -0.640. The number of benzene rings is 2. The first-order valence-electron chi connectivity index (χ1n) is 8.56. The van der Waals surface area contributed by atoms with E-state index in [0.717, 1.165) is 29.7 Å². The number of halogens is 2. The first kappa shape index (κ1) is 18.4. The zero-order valence-corrected chi connectivity index (χ0v) is 15.5. The smallest absolute Gasteiger partial charge is 0.167 e. The highest BCUT2D eigenvalue weighted by Crippen LogP contribution is 2.31. The number of phenols is 1. The number of fused-ring (bicyclic) bond motifs is 1. The number of nitrogens with zero attached hydrogens (tertiary/aromatic N) is 2. The molecule has 1 heterocycles. The molecule has 2 aromatic carbocycles. The molecule has 0 spiro atoms. The van der Waals surface area contributed by atoms with Crippen molar-refractivity contribution in [3.63, 3.8) is 0 Å². The third-order valence-electron chi connectivity index (χ3n) is 4.41. The number of pyridine rings is 1. The monoisotopic (exact) mass is 373 g/mol. The molecule has 0 aliphatic rings. The topological polar surface area (TPSA) is 48.4 Å². The maximum absolute atomic E-state index is 14.2. The summed E-state index contributed by atoms with van der Waals surface area (Å²) in [5.41, 5.74) is 2.68. The summed E-state index contributed by atoms with van der Waals surface area (Å²) in [6, 6.07) is 10.3. The highest BCUT2D eigenvalue weighted by Gasteiger charge is 2.13. The number of aromatic nitrogens is 1. The first-order chi connectivity index (χ1) is 12.5. The molecule has 0 unspecified atom stereocenters. The fraction of sp³-hybridized carbons (Fsp3) is 0.250. The van der Waals surface area contributed by atoms with E-state index in [2.05, 4.69) is 15.2 Å². The molecule has 4 nitrogen and oxygen atoms in total. The largest absolute Gasteiger partial charge is 0.505 e. The second-order valence-electron chi connectivity index (χ2n) is 6.07. The molecule has 0 amide bonds. The molecule has 3 aromatic rings. The Balaban J connectivity index is 1.97. The Labute approximate surface area is 157 Å². The molecule has 1 aromatic heterocycles. The molecule has 0 bridgehead atoms. The van der Waals surface area contributed by atoms with Crippen molar-refractivity contribution in [2.75, 3.05) is 18.4 Å². The maximum atomic E-state index is 14.2. The predicted octanol–water partition coefficient (Wildman–Crippen LogP) is 5.32. The van der Waals surface area contributed by atoms with Crippen LogP contribution in [0.2, 0.25) is 5.02 Å². The van der Waals surface area contributed by atoms with Crippen molar-refractivity contribution in [1.82, 2.24) is 9.88 Å². The Morgan fingerprint density at radius 3 is 2.65 bits per heavy atom. The first-order valence-corrected chi connectivity index (χ1v) is 8.94. The van der Waals surface area contributed by atoms with Crippen LogP contribution < -0.4 is 5.32 Å². The van der Waals surface area contributed by atoms with Crippen LogP contribution in [0.25, 0.3) is 10.9 Å². The Kier molecular flexibility index (Phi) is 5.59. The Morgan fingerprint density at radius 2 is 1.92 bits per heavy atom. The van der Waals surface area contributed by atoms with Gasteiger partial charge in [-0.05, 0) is 43.4 Å². The predicted molar refractivity (Wildman–Crippen MR) is 105 cm³/mol. The number of rotatable bonds is 6. The van der Waals surface area contributed by atoms with Crippen LogP contribution in [0, 0.1) is 5.82 Å². The van der Waals surface area contributed by atoms with E-state index in [1.165, 1.54) is 6.07 Å². The SMILES string of the molecule is CCN(CC)Cc1cc(Nc2ccnc3cc(Cl)ccc23)cc(F)c1O. The van der Waals surface area contributed by atoms with E-state index in [1.807, 2.05) is 26.0 Å². The molecule has 26 heavy (non-hydrogen) atoms.